The van der Waals surface area contributed by atoms with Gasteiger partial charge >= 0.3 is 0 Å². The van der Waals surface area contributed by atoms with E-state index in [9.17, 15) is 14.4 Å². The van der Waals surface area contributed by atoms with Crippen LogP contribution in [0.4, 0.5) is 0 Å². The number of imide groups is 1. The van der Waals surface area contributed by atoms with Crippen LogP contribution in [-0.4, -0.2) is 40.0 Å². The van der Waals surface area contributed by atoms with Crippen molar-refractivity contribution in [3.63, 3.8) is 0 Å². The summed E-state index contributed by atoms with van der Waals surface area (Å²) in [6.45, 7) is 0.457. The largest absolute Gasteiger partial charge is 0.322 e. The Balaban J connectivity index is 1.84. The lowest BCUT2D eigenvalue weighted by atomic mass is 10.0. The highest BCUT2D eigenvalue weighted by Crippen LogP contribution is 2.32. The van der Waals surface area contributed by atoms with Crippen LogP contribution >= 0.6 is 15.9 Å². The third-order valence-electron chi connectivity index (χ3n) is 3.69. The Labute approximate surface area is 118 Å². The fourth-order valence-corrected chi connectivity index (χ4v) is 3.25. The summed E-state index contributed by atoms with van der Waals surface area (Å²) in [5.74, 6) is -0.718. The molecule has 2 fully saturated rings. The molecule has 1 N–H and O–H groups in total. The van der Waals surface area contributed by atoms with Gasteiger partial charge in [-0.1, -0.05) is 28.1 Å². The van der Waals surface area contributed by atoms with Gasteiger partial charge in [-0.05, 0) is 18.4 Å². The molecule has 3 amide bonds. The Bertz CT molecular complexity index is 538. The number of hydrogen-bond acceptors (Lipinski definition) is 3. The van der Waals surface area contributed by atoms with Crippen LogP contribution in [-0.2, 0) is 14.4 Å². The molecule has 0 aromatic heterocycles. The van der Waals surface area contributed by atoms with Gasteiger partial charge in [0.25, 0.3) is 5.91 Å². The third kappa shape index (κ3) is 2.14. The normalized spacial score (nSPS) is 30.8. The van der Waals surface area contributed by atoms with E-state index in [-0.39, 0.29) is 22.5 Å². The van der Waals surface area contributed by atoms with E-state index in [0.717, 1.165) is 12.0 Å². The number of hydrogen-bond donors (Lipinski definition) is 1. The zero-order chi connectivity index (χ0) is 13.6. The van der Waals surface area contributed by atoms with Gasteiger partial charge in [0.1, 0.15) is 6.04 Å². The number of fused-ring (bicyclic) bond motifs is 1. The van der Waals surface area contributed by atoms with E-state index in [1.165, 1.54) is 0 Å². The minimum Gasteiger partial charge on any atom is -0.322 e. The molecule has 6 heteroatoms. The molecule has 2 unspecified atom stereocenters. The van der Waals surface area contributed by atoms with Crippen LogP contribution in [0.15, 0.2) is 23.3 Å². The zero-order valence-corrected chi connectivity index (χ0v) is 11.8. The molecule has 5 nitrogen and oxygen atoms in total. The Hall–Kier alpha value is -1.43. The molecular weight excluding hydrogens is 312 g/mol. The van der Waals surface area contributed by atoms with Crippen molar-refractivity contribution in [2.75, 3.05) is 6.54 Å². The molecule has 100 valence electrons. The number of nitrogens with zero attached hydrogens (tertiary/aromatic N) is 1. The van der Waals surface area contributed by atoms with Crippen LogP contribution in [0.25, 0.3) is 0 Å². The predicted molar refractivity (Wildman–Crippen MR) is 71.4 cm³/mol. The number of rotatable bonds is 1. The van der Waals surface area contributed by atoms with Crippen molar-refractivity contribution in [2.24, 2.45) is 0 Å². The van der Waals surface area contributed by atoms with Gasteiger partial charge in [-0.15, -0.1) is 0 Å². The van der Waals surface area contributed by atoms with Crippen LogP contribution in [0.1, 0.15) is 19.3 Å². The lowest BCUT2D eigenvalue weighted by Gasteiger charge is -2.28. The van der Waals surface area contributed by atoms with Crippen molar-refractivity contribution in [3.8, 4) is 0 Å². The maximum absolute atomic E-state index is 12.3. The quantitative estimate of drug-likeness (QED) is 0.569. The van der Waals surface area contributed by atoms with Crippen LogP contribution in [0.5, 0.6) is 0 Å². The van der Waals surface area contributed by atoms with Crippen LogP contribution in [0, 0.1) is 0 Å². The van der Waals surface area contributed by atoms with Crippen LogP contribution in [0.2, 0.25) is 0 Å². The second-order valence-corrected chi connectivity index (χ2v) is 6.14. The first-order chi connectivity index (χ1) is 9.06. The molecule has 19 heavy (non-hydrogen) atoms. The molecular formula is C13H13BrN2O3. The number of allylic oxidation sites excluding steroid dienone is 2. The Morgan fingerprint density at radius 1 is 1.32 bits per heavy atom. The molecule has 0 saturated carbocycles. The highest BCUT2D eigenvalue weighted by Gasteiger charge is 2.41. The number of alkyl halides is 1. The minimum atomic E-state index is -0.522. The number of carbonyl (C=O) groups is 3. The average molecular weight is 325 g/mol. The maximum atomic E-state index is 12.3. The van der Waals surface area contributed by atoms with Gasteiger partial charge in [0, 0.05) is 23.4 Å². The van der Waals surface area contributed by atoms with Crippen molar-refractivity contribution in [1.29, 1.82) is 0 Å². The standard InChI is InChI=1S/C13H13BrN2O3/c14-8-1-2-9-7(5-8)6-16(13(9)19)10-3-4-11(17)15-12(10)18/h2,5,8,10H,1,3-4,6H2,(H,15,17,18). The predicted octanol–water partition coefficient (Wildman–Crippen LogP) is 0.654. The molecule has 0 spiro atoms. The Kier molecular flexibility index (Phi) is 3.05. The first-order valence-electron chi connectivity index (χ1n) is 6.26. The number of piperidine rings is 1. The Morgan fingerprint density at radius 2 is 2.11 bits per heavy atom. The van der Waals surface area contributed by atoms with Crippen LogP contribution in [0.3, 0.4) is 0 Å². The lowest BCUT2D eigenvalue weighted by Crippen LogP contribution is -2.52. The summed E-state index contributed by atoms with van der Waals surface area (Å²) >= 11 is 3.51. The van der Waals surface area contributed by atoms with Gasteiger partial charge < -0.3 is 4.90 Å². The first kappa shape index (κ1) is 12.6. The summed E-state index contributed by atoms with van der Waals surface area (Å²) in [5, 5.41) is 2.30. The molecule has 0 aromatic carbocycles. The SMILES string of the molecule is O=C1CCC(N2CC3=CC(Br)CC=C3C2=O)C(=O)N1. The van der Waals surface area contributed by atoms with E-state index in [1.807, 2.05) is 12.2 Å². The second-order valence-electron chi connectivity index (χ2n) is 4.96. The zero-order valence-electron chi connectivity index (χ0n) is 10.2. The van der Waals surface area contributed by atoms with Gasteiger partial charge in [0.2, 0.25) is 11.8 Å². The highest BCUT2D eigenvalue weighted by molar-refractivity contribution is 9.09. The molecule has 0 aromatic rings. The summed E-state index contributed by atoms with van der Waals surface area (Å²) in [7, 11) is 0. The van der Waals surface area contributed by atoms with E-state index >= 15 is 0 Å². The van der Waals surface area contributed by atoms with Crippen molar-refractivity contribution in [2.45, 2.75) is 30.1 Å². The number of nitrogens with one attached hydrogen (secondary N) is 1. The van der Waals surface area contributed by atoms with E-state index < -0.39 is 6.04 Å². The van der Waals surface area contributed by atoms with Gasteiger partial charge in [-0.3, -0.25) is 19.7 Å². The molecule has 2 aliphatic heterocycles. The highest BCUT2D eigenvalue weighted by atomic mass is 79.9. The van der Waals surface area contributed by atoms with Crippen molar-refractivity contribution < 1.29 is 14.4 Å². The van der Waals surface area contributed by atoms with E-state index in [2.05, 4.69) is 21.2 Å². The van der Waals surface area contributed by atoms with Crippen LogP contribution < -0.4 is 5.32 Å². The Morgan fingerprint density at radius 3 is 2.84 bits per heavy atom. The van der Waals surface area contributed by atoms with Gasteiger partial charge in [-0.2, -0.15) is 0 Å². The molecule has 2 atom stereocenters. The third-order valence-corrected chi connectivity index (χ3v) is 4.33. The maximum Gasteiger partial charge on any atom is 0.254 e. The van der Waals surface area contributed by atoms with Gasteiger partial charge in [0.05, 0.1) is 0 Å². The summed E-state index contributed by atoms with van der Waals surface area (Å²) < 4.78 is 0. The molecule has 3 aliphatic rings. The van der Waals surface area contributed by atoms with Crippen molar-refractivity contribution >= 4 is 33.7 Å². The second kappa shape index (κ2) is 4.59. The summed E-state index contributed by atoms with van der Waals surface area (Å²) in [4.78, 5) is 37.1. The average Bonchev–Trinajstić information content (AvgIpc) is 2.66. The van der Waals surface area contributed by atoms with E-state index in [0.29, 0.717) is 25.0 Å². The smallest absolute Gasteiger partial charge is 0.254 e. The van der Waals surface area contributed by atoms with Gasteiger partial charge in [0.15, 0.2) is 0 Å². The topological polar surface area (TPSA) is 66.5 Å². The summed E-state index contributed by atoms with van der Waals surface area (Å²) in [5.41, 5.74) is 1.68. The van der Waals surface area contributed by atoms with Crippen molar-refractivity contribution in [3.05, 3.63) is 23.3 Å². The fourth-order valence-electron chi connectivity index (χ4n) is 2.74. The number of likely N-dealkylation sites (tertiary alicyclic amines) is 1. The van der Waals surface area contributed by atoms with Gasteiger partial charge in [-0.25, -0.2) is 0 Å². The molecule has 2 saturated heterocycles. The number of halogens is 1. The fraction of sp³-hybridized carbons (Fsp3) is 0.462. The first-order valence-corrected chi connectivity index (χ1v) is 7.18. The van der Waals surface area contributed by atoms with E-state index in [4.69, 9.17) is 0 Å². The number of amides is 3. The lowest BCUT2D eigenvalue weighted by molar-refractivity contribution is -0.142. The summed E-state index contributed by atoms with van der Waals surface area (Å²) in [6, 6.07) is -0.522. The number of carbonyl (C=O) groups excluding carboxylic acids is 3. The molecule has 1 aliphatic carbocycles. The van der Waals surface area contributed by atoms with Crippen molar-refractivity contribution in [1.82, 2.24) is 10.2 Å². The summed E-state index contributed by atoms with van der Waals surface area (Å²) in [6.07, 6.45) is 5.43. The monoisotopic (exact) mass is 324 g/mol. The molecule has 0 radical (unpaired) electrons. The minimum absolute atomic E-state index is 0.0971. The molecule has 2 heterocycles. The molecule has 3 rings (SSSR count). The van der Waals surface area contributed by atoms with E-state index in [1.54, 1.807) is 4.90 Å². The molecule has 0 bridgehead atoms.